The third-order valence-electron chi connectivity index (χ3n) is 4.77. The lowest BCUT2D eigenvalue weighted by molar-refractivity contribution is 0.0697. The van der Waals surface area contributed by atoms with E-state index in [1.807, 2.05) is 18.2 Å². The number of fused-ring (bicyclic) bond motifs is 3. The van der Waals surface area contributed by atoms with Gasteiger partial charge in [0.1, 0.15) is 6.07 Å². The van der Waals surface area contributed by atoms with E-state index in [2.05, 4.69) is 22.7 Å². The van der Waals surface area contributed by atoms with Crippen LogP contribution in [0.4, 0.5) is 0 Å². The normalized spacial score (nSPS) is 16.8. The van der Waals surface area contributed by atoms with Gasteiger partial charge in [-0.25, -0.2) is 9.48 Å². The zero-order chi connectivity index (χ0) is 16.8. The van der Waals surface area contributed by atoms with Crippen LogP contribution in [-0.4, -0.2) is 25.4 Å². The Labute approximate surface area is 138 Å². The molecule has 0 bridgehead atoms. The maximum atomic E-state index is 11.0. The van der Waals surface area contributed by atoms with Crippen LogP contribution >= 0.6 is 0 Å². The third-order valence-corrected chi connectivity index (χ3v) is 4.77. The summed E-state index contributed by atoms with van der Waals surface area (Å²) in [6.45, 7) is 2.18. The van der Waals surface area contributed by atoms with Gasteiger partial charge in [-0.1, -0.05) is 0 Å². The molecule has 3 heterocycles. The lowest BCUT2D eigenvalue weighted by atomic mass is 10.0. The van der Waals surface area contributed by atoms with Crippen molar-refractivity contribution < 1.29 is 9.90 Å². The van der Waals surface area contributed by atoms with Gasteiger partial charge in [-0.15, -0.1) is 0 Å². The van der Waals surface area contributed by atoms with Crippen LogP contribution in [0.1, 0.15) is 47.4 Å². The fraction of sp³-hybridized carbons (Fsp3) is 0.278. The van der Waals surface area contributed by atoms with E-state index in [1.54, 1.807) is 0 Å². The highest BCUT2D eigenvalue weighted by Crippen LogP contribution is 2.36. The second kappa shape index (κ2) is 5.24. The summed E-state index contributed by atoms with van der Waals surface area (Å²) in [6, 6.07) is 8.57. The molecule has 120 valence electrons. The van der Waals surface area contributed by atoms with Crippen molar-refractivity contribution >= 4 is 16.9 Å². The molecule has 6 nitrogen and oxygen atoms in total. The van der Waals surface area contributed by atoms with Crippen LogP contribution in [0.15, 0.2) is 30.6 Å². The van der Waals surface area contributed by atoms with E-state index in [0.717, 1.165) is 47.1 Å². The van der Waals surface area contributed by atoms with Crippen LogP contribution in [0.2, 0.25) is 0 Å². The first kappa shape index (κ1) is 14.5. The van der Waals surface area contributed by atoms with Crippen molar-refractivity contribution in [1.82, 2.24) is 14.3 Å². The Morgan fingerprint density at radius 3 is 3.00 bits per heavy atom. The second-order valence-electron chi connectivity index (χ2n) is 6.22. The largest absolute Gasteiger partial charge is 0.478 e. The summed E-state index contributed by atoms with van der Waals surface area (Å²) in [5.74, 6) is -1.01. The molecule has 1 aromatic carbocycles. The highest BCUT2D eigenvalue weighted by molar-refractivity contribution is 5.90. The van der Waals surface area contributed by atoms with Crippen molar-refractivity contribution in [3.63, 3.8) is 0 Å². The van der Waals surface area contributed by atoms with Crippen LogP contribution < -0.4 is 0 Å². The average Bonchev–Trinajstić information content (AvgIpc) is 3.17. The number of hydrogen-bond acceptors (Lipinski definition) is 3. The van der Waals surface area contributed by atoms with Crippen LogP contribution in [0, 0.1) is 11.3 Å². The monoisotopic (exact) mass is 320 g/mol. The summed E-state index contributed by atoms with van der Waals surface area (Å²) in [4.78, 5) is 11.0. The predicted octanol–water partition coefficient (Wildman–Crippen LogP) is 3.29. The summed E-state index contributed by atoms with van der Waals surface area (Å²) < 4.78 is 3.80. The molecule has 24 heavy (non-hydrogen) atoms. The molecule has 3 aromatic rings. The number of nitriles is 1. The summed E-state index contributed by atoms with van der Waals surface area (Å²) >= 11 is 0. The molecule has 1 N–H and O–H groups in total. The third kappa shape index (κ3) is 2.02. The van der Waals surface area contributed by atoms with Gasteiger partial charge >= 0.3 is 5.97 Å². The predicted molar refractivity (Wildman–Crippen MR) is 88.4 cm³/mol. The van der Waals surface area contributed by atoms with Gasteiger partial charge in [0.25, 0.3) is 0 Å². The highest BCUT2D eigenvalue weighted by atomic mass is 16.4. The van der Waals surface area contributed by atoms with E-state index >= 15 is 0 Å². The molecule has 6 heteroatoms. The van der Waals surface area contributed by atoms with Crippen molar-refractivity contribution in [3.8, 4) is 11.8 Å². The smallest absolute Gasteiger partial charge is 0.338 e. The molecule has 0 radical (unpaired) electrons. The summed E-state index contributed by atoms with van der Waals surface area (Å²) in [7, 11) is 0. The van der Waals surface area contributed by atoms with Gasteiger partial charge in [0.2, 0.25) is 0 Å². The minimum absolute atomic E-state index is 0.139. The molecule has 0 saturated carbocycles. The molecule has 0 amide bonds. The van der Waals surface area contributed by atoms with Crippen molar-refractivity contribution in [3.05, 3.63) is 47.4 Å². The molecule has 1 aliphatic rings. The van der Waals surface area contributed by atoms with Gasteiger partial charge in [-0.05, 0) is 44.4 Å². The summed E-state index contributed by atoms with van der Waals surface area (Å²) in [6.07, 6.45) is 5.94. The summed E-state index contributed by atoms with van der Waals surface area (Å²) in [5, 5.41) is 23.7. The van der Waals surface area contributed by atoms with Crippen LogP contribution in [-0.2, 0) is 6.42 Å². The van der Waals surface area contributed by atoms with E-state index < -0.39 is 5.97 Å². The standard InChI is InChI=1S/C18H16N4O2/c1-11-3-2-4-16-15(8-19)14-7-13(5-6-17(14)22(11)16)21-10-12(9-20-21)18(23)24/h5-7,9-11H,2-4H2,1H3,(H,23,24). The zero-order valence-corrected chi connectivity index (χ0v) is 13.2. The molecule has 4 rings (SSSR count). The van der Waals surface area contributed by atoms with Gasteiger partial charge in [-0.3, -0.25) is 0 Å². The quantitative estimate of drug-likeness (QED) is 0.785. The van der Waals surface area contributed by atoms with Gasteiger partial charge in [0.15, 0.2) is 0 Å². The Morgan fingerprint density at radius 2 is 2.29 bits per heavy atom. The number of rotatable bonds is 2. The number of benzene rings is 1. The van der Waals surface area contributed by atoms with Crippen LogP contribution in [0.25, 0.3) is 16.6 Å². The number of carboxylic acid groups (broad SMARTS) is 1. The first-order valence-corrected chi connectivity index (χ1v) is 7.95. The molecule has 2 aromatic heterocycles. The Morgan fingerprint density at radius 1 is 1.46 bits per heavy atom. The van der Waals surface area contributed by atoms with Crippen molar-refractivity contribution in [2.24, 2.45) is 0 Å². The topological polar surface area (TPSA) is 83.8 Å². The minimum atomic E-state index is -1.01. The molecule has 1 unspecified atom stereocenters. The molecule has 0 spiro atoms. The Bertz CT molecular complexity index is 1010. The molecular weight excluding hydrogens is 304 g/mol. The molecule has 0 fully saturated rings. The van der Waals surface area contributed by atoms with Crippen molar-refractivity contribution in [2.75, 3.05) is 0 Å². The number of aromatic carboxylic acids is 1. The minimum Gasteiger partial charge on any atom is -0.478 e. The Balaban J connectivity index is 1.92. The van der Waals surface area contributed by atoms with Crippen molar-refractivity contribution in [2.45, 2.75) is 32.2 Å². The van der Waals surface area contributed by atoms with Crippen LogP contribution in [0.5, 0.6) is 0 Å². The molecule has 1 aliphatic heterocycles. The fourth-order valence-corrected chi connectivity index (χ4v) is 3.64. The van der Waals surface area contributed by atoms with Gasteiger partial charge in [0, 0.05) is 28.8 Å². The van der Waals surface area contributed by atoms with Gasteiger partial charge < -0.3 is 9.67 Å². The van der Waals surface area contributed by atoms with E-state index in [4.69, 9.17) is 5.11 Å². The molecule has 1 atom stereocenters. The first-order valence-electron chi connectivity index (χ1n) is 7.95. The second-order valence-corrected chi connectivity index (χ2v) is 6.22. The number of carboxylic acids is 1. The number of aromatic nitrogens is 3. The maximum Gasteiger partial charge on any atom is 0.338 e. The molecule has 0 aliphatic carbocycles. The highest BCUT2D eigenvalue weighted by Gasteiger charge is 2.24. The van der Waals surface area contributed by atoms with Gasteiger partial charge in [-0.2, -0.15) is 10.4 Å². The van der Waals surface area contributed by atoms with E-state index in [-0.39, 0.29) is 5.56 Å². The maximum absolute atomic E-state index is 11.0. The van der Waals surface area contributed by atoms with E-state index in [9.17, 15) is 10.1 Å². The van der Waals surface area contributed by atoms with Gasteiger partial charge in [0.05, 0.1) is 23.0 Å². The Hall–Kier alpha value is -3.07. The average molecular weight is 320 g/mol. The number of nitrogens with zero attached hydrogens (tertiary/aromatic N) is 4. The lowest BCUT2D eigenvalue weighted by Gasteiger charge is -2.23. The zero-order valence-electron chi connectivity index (χ0n) is 13.2. The van der Waals surface area contributed by atoms with Crippen molar-refractivity contribution in [1.29, 1.82) is 5.26 Å². The number of hydrogen-bond donors (Lipinski definition) is 1. The molecular formula is C18H16N4O2. The fourth-order valence-electron chi connectivity index (χ4n) is 3.64. The van der Waals surface area contributed by atoms with E-state index in [1.165, 1.54) is 17.1 Å². The SMILES string of the molecule is CC1CCCc2c(C#N)c3cc(-n4cc(C(=O)O)cn4)ccc3n21. The summed E-state index contributed by atoms with van der Waals surface area (Å²) in [5.41, 5.74) is 3.78. The number of carbonyl (C=O) groups is 1. The lowest BCUT2D eigenvalue weighted by Crippen LogP contribution is -2.15. The van der Waals surface area contributed by atoms with E-state index in [0.29, 0.717) is 6.04 Å². The first-order chi connectivity index (χ1) is 11.6. The Kier molecular flexibility index (Phi) is 3.17. The molecule has 0 saturated heterocycles. The van der Waals surface area contributed by atoms with Crippen LogP contribution in [0.3, 0.4) is 0 Å².